The van der Waals surface area contributed by atoms with E-state index in [2.05, 4.69) is 86.6 Å². The summed E-state index contributed by atoms with van der Waals surface area (Å²) < 4.78 is 38.9. The van der Waals surface area contributed by atoms with Crippen molar-refractivity contribution in [2.75, 3.05) is 102 Å². The number of ether oxygens (including phenoxy) is 4. The van der Waals surface area contributed by atoms with Gasteiger partial charge in [0.05, 0.1) is 26.4 Å². The topological polar surface area (TPSA) is 228 Å². The number of morpholine rings is 2. The average Bonchev–Trinajstić information content (AvgIpc) is 4.29. The summed E-state index contributed by atoms with van der Waals surface area (Å²) in [5.74, 6) is 3.82. The van der Waals surface area contributed by atoms with Crippen molar-refractivity contribution in [2.24, 2.45) is 0 Å². The summed E-state index contributed by atoms with van der Waals surface area (Å²) in [5, 5.41) is 21.3. The largest absolute Gasteiger partial charge is 0.444 e. The first-order chi connectivity index (χ1) is 37.0. The molecule has 21 nitrogen and oxygen atoms in total. The highest BCUT2D eigenvalue weighted by Gasteiger charge is 2.35. The van der Waals surface area contributed by atoms with Crippen molar-refractivity contribution in [1.82, 2.24) is 45.1 Å². The first kappa shape index (κ1) is 54.7. The third kappa shape index (κ3) is 14.7. The number of anilines is 2. The lowest BCUT2D eigenvalue weighted by Crippen LogP contribution is -2.36. The molecule has 0 aliphatic carbocycles. The number of aromatic nitrogens is 6. The van der Waals surface area contributed by atoms with Gasteiger partial charge in [-0.25, -0.2) is 9.59 Å². The molecule has 6 aromatic rings. The number of carbonyl (C=O) groups is 2. The molecule has 22 heteroatoms. The van der Waals surface area contributed by atoms with Crippen LogP contribution in [0.5, 0.6) is 0 Å². The summed E-state index contributed by atoms with van der Waals surface area (Å²) in [6.45, 7) is 21.7. The lowest BCUT2D eigenvalue weighted by Gasteiger charge is -2.28. The molecule has 0 spiro atoms. The maximum atomic E-state index is 12.3. The second-order valence-corrected chi connectivity index (χ2v) is 22.4. The summed E-state index contributed by atoms with van der Waals surface area (Å²) >= 11 is 3.40. The minimum absolute atomic E-state index is 0.0626. The Bertz CT molecular complexity index is 2920. The van der Waals surface area contributed by atoms with Crippen LogP contribution in [0, 0.1) is 11.5 Å². The molecule has 11 rings (SSSR count). The lowest BCUT2D eigenvalue weighted by molar-refractivity contribution is 0.0281. The van der Waals surface area contributed by atoms with Gasteiger partial charge in [0.25, 0.3) is 17.7 Å². The van der Waals surface area contributed by atoms with Crippen molar-refractivity contribution in [1.29, 1.82) is 5.26 Å². The number of nitrogens with zero attached hydrogens (tertiary/aromatic N) is 12. The third-order valence-electron chi connectivity index (χ3n) is 13.5. The number of hydrogen-bond donors (Lipinski definition) is 0. The Hall–Kier alpha value is -7.09. The van der Waals surface area contributed by atoms with E-state index in [1.54, 1.807) is 14.7 Å². The molecule has 3 unspecified atom stereocenters. The number of hydrogen-bond acceptors (Lipinski definition) is 19. The lowest BCUT2D eigenvalue weighted by atomic mass is 10.1. The molecule has 0 radical (unpaired) electrons. The van der Waals surface area contributed by atoms with E-state index in [4.69, 9.17) is 37.8 Å². The van der Waals surface area contributed by atoms with Crippen LogP contribution in [0.4, 0.5) is 21.0 Å². The molecule has 2 amide bonds. The molecule has 77 heavy (non-hydrogen) atoms. The Morgan fingerprint density at radius 1 is 0.532 bits per heavy atom. The van der Waals surface area contributed by atoms with Gasteiger partial charge in [0.1, 0.15) is 11.2 Å². The molecule has 0 saturated carbocycles. The summed E-state index contributed by atoms with van der Waals surface area (Å²) in [6.07, 6.45) is 4.09. The van der Waals surface area contributed by atoms with Gasteiger partial charge in [-0.2, -0.15) is 20.2 Å². The van der Waals surface area contributed by atoms with E-state index in [-0.39, 0.29) is 29.9 Å². The predicted molar refractivity (Wildman–Crippen MR) is 288 cm³/mol. The SMILES string of the molecule is CC(C)(C)OC(=O)N1CCC(c2noc(-c3ccc(Br)cc3)n2)C1.CC(C)(C)OC(=O)N1CCC(c2noc(-c3ccc(N4CCOCC4)cc3)n2)C1.N#CN1CCC(c2noc(-c3ccc(N4CCOCC4)cc3)n2)C1. The minimum atomic E-state index is -0.498. The van der Waals surface area contributed by atoms with Gasteiger partial charge >= 0.3 is 12.2 Å². The average molecular weight is 1120 g/mol. The molecule has 0 N–H and O–H groups in total. The summed E-state index contributed by atoms with van der Waals surface area (Å²) in [4.78, 5) is 47.7. The van der Waals surface area contributed by atoms with E-state index >= 15 is 0 Å². The van der Waals surface area contributed by atoms with E-state index < -0.39 is 11.2 Å². The highest BCUT2D eigenvalue weighted by molar-refractivity contribution is 9.10. The summed E-state index contributed by atoms with van der Waals surface area (Å²) in [7, 11) is 0. The van der Waals surface area contributed by atoms with E-state index in [1.165, 1.54) is 11.4 Å². The van der Waals surface area contributed by atoms with Crippen LogP contribution in [0.15, 0.2) is 90.8 Å². The monoisotopic (exact) mass is 1120 g/mol. The Balaban J connectivity index is 0.000000142. The number of likely N-dealkylation sites (tertiary alicyclic amines) is 3. The van der Waals surface area contributed by atoms with Crippen LogP contribution < -0.4 is 9.80 Å². The fraction of sp³-hybridized carbons (Fsp3) is 0.509. The first-order valence-corrected chi connectivity index (χ1v) is 27.1. The Kier molecular flexibility index (Phi) is 17.4. The van der Waals surface area contributed by atoms with Crippen LogP contribution >= 0.6 is 15.9 Å². The second-order valence-electron chi connectivity index (χ2n) is 21.5. The quantitative estimate of drug-likeness (QED) is 0.129. The van der Waals surface area contributed by atoms with Gasteiger partial charge in [-0.1, -0.05) is 31.4 Å². The first-order valence-electron chi connectivity index (χ1n) is 26.3. The van der Waals surface area contributed by atoms with E-state index in [9.17, 15) is 9.59 Å². The molecule has 3 aromatic heterocycles. The van der Waals surface area contributed by atoms with E-state index in [1.807, 2.05) is 90.1 Å². The van der Waals surface area contributed by atoms with Gasteiger partial charge in [-0.15, -0.1) is 0 Å². The zero-order valence-corrected chi connectivity index (χ0v) is 46.2. The molecule has 0 bridgehead atoms. The van der Waals surface area contributed by atoms with Crippen LogP contribution in [0.1, 0.15) is 96.0 Å². The minimum Gasteiger partial charge on any atom is -0.444 e. The number of rotatable bonds is 8. The summed E-state index contributed by atoms with van der Waals surface area (Å²) in [5.41, 5.74) is 4.04. The zero-order valence-electron chi connectivity index (χ0n) is 44.6. The van der Waals surface area contributed by atoms with Crippen LogP contribution in [0.25, 0.3) is 34.4 Å². The molecular weight excluding hydrogens is 1050 g/mol. The standard InChI is InChI=1S/C21H28N4O4.C17H20BrN3O3.C17H19N5O2/c1-21(2,3)28-20(26)25-9-8-16(14-25)18-22-19(29-23-18)15-4-6-17(7-5-15)24-10-12-27-13-11-24;1-17(2,3)23-16(22)21-9-8-12(10-21)14-19-15(24-20-14)11-4-6-13(18)7-5-11;18-12-21-6-5-14(11-21)16-19-17(24-20-16)13-1-3-15(4-2-13)22-7-9-23-10-8-22/h4-7,16H,8-14H2,1-3H3;4-7,12H,8-10H2,1-3H3;1-4,14H,5-11H2. The van der Waals surface area contributed by atoms with Crippen LogP contribution in [0.3, 0.4) is 0 Å². The Morgan fingerprint density at radius 3 is 1.23 bits per heavy atom. The van der Waals surface area contributed by atoms with Crippen molar-refractivity contribution < 1.29 is 42.1 Å². The van der Waals surface area contributed by atoms with Crippen molar-refractivity contribution in [3.8, 4) is 40.6 Å². The van der Waals surface area contributed by atoms with Crippen LogP contribution in [0.2, 0.25) is 0 Å². The number of carbonyl (C=O) groups excluding carboxylic acids is 2. The predicted octanol–water partition coefficient (Wildman–Crippen LogP) is 9.36. The zero-order chi connectivity index (χ0) is 54.1. The van der Waals surface area contributed by atoms with Crippen molar-refractivity contribution in [3.63, 3.8) is 0 Å². The highest BCUT2D eigenvalue weighted by atomic mass is 79.9. The number of halogens is 1. The van der Waals surface area contributed by atoms with Gasteiger partial charge in [0, 0.05) is 116 Å². The van der Waals surface area contributed by atoms with E-state index in [0.717, 1.165) is 99.6 Å². The van der Waals surface area contributed by atoms with Gasteiger partial charge in [0.15, 0.2) is 23.7 Å². The molecule has 5 saturated heterocycles. The molecular formula is C55H67BrN12O9. The van der Waals surface area contributed by atoms with Gasteiger partial charge in [-0.05, 0) is 134 Å². The molecule has 5 aliphatic heterocycles. The fourth-order valence-electron chi connectivity index (χ4n) is 9.41. The van der Waals surface area contributed by atoms with Gasteiger partial charge in [-0.3, -0.25) is 0 Å². The fourth-order valence-corrected chi connectivity index (χ4v) is 9.67. The summed E-state index contributed by atoms with van der Waals surface area (Å²) in [6, 6.07) is 24.0. The molecule has 8 heterocycles. The molecule has 3 aromatic carbocycles. The van der Waals surface area contributed by atoms with E-state index in [0.29, 0.717) is 67.9 Å². The Morgan fingerprint density at radius 2 is 0.883 bits per heavy atom. The maximum absolute atomic E-state index is 12.3. The van der Waals surface area contributed by atoms with Gasteiger partial charge in [0.2, 0.25) is 0 Å². The van der Waals surface area contributed by atoms with Gasteiger partial charge < -0.3 is 57.0 Å². The second kappa shape index (κ2) is 24.5. The molecule has 5 fully saturated rings. The van der Waals surface area contributed by atoms with Crippen LogP contribution in [-0.2, 0) is 18.9 Å². The number of benzene rings is 3. The number of nitriles is 1. The number of amides is 2. The smallest absolute Gasteiger partial charge is 0.410 e. The van der Waals surface area contributed by atoms with Crippen LogP contribution in [-0.4, -0.2) is 160 Å². The Labute approximate surface area is 456 Å². The molecule has 408 valence electrons. The van der Waals surface area contributed by atoms with Crippen molar-refractivity contribution >= 4 is 39.5 Å². The molecule has 5 aliphatic rings. The molecule has 3 atom stereocenters. The maximum Gasteiger partial charge on any atom is 0.410 e. The highest BCUT2D eigenvalue weighted by Crippen LogP contribution is 2.32. The normalized spacial score (nSPS) is 19.8. The third-order valence-corrected chi connectivity index (χ3v) is 14.0. The van der Waals surface area contributed by atoms with Crippen molar-refractivity contribution in [3.05, 3.63) is 94.7 Å². The van der Waals surface area contributed by atoms with Crippen molar-refractivity contribution in [2.45, 2.75) is 89.8 Å².